The number of benzene rings is 2. The standard InChI is InChI=1S/C24H26N4OS/c1-2-20-15-9-10-16-28(20)21(29)17-30-24-25-22(18-11-5-3-6-12-18)23(26-27-24)19-13-7-4-8-14-19/h3-8,11-14,20H,2,9-10,15-17H2,1H3/t20-/m1/s1. The van der Waals surface area contributed by atoms with Crippen molar-refractivity contribution < 1.29 is 4.79 Å². The van der Waals surface area contributed by atoms with Crippen LogP contribution in [0.3, 0.4) is 0 Å². The van der Waals surface area contributed by atoms with E-state index < -0.39 is 0 Å². The predicted octanol–water partition coefficient (Wildman–Crippen LogP) is 5.09. The molecule has 6 heteroatoms. The van der Waals surface area contributed by atoms with Gasteiger partial charge in [-0.3, -0.25) is 4.79 Å². The Bertz CT molecular complexity index is 981. The van der Waals surface area contributed by atoms with E-state index in [0.717, 1.165) is 48.3 Å². The molecular formula is C24H26N4OS. The number of rotatable bonds is 6. The molecule has 4 rings (SSSR count). The molecule has 2 heterocycles. The van der Waals surface area contributed by atoms with Gasteiger partial charge in [-0.25, -0.2) is 4.98 Å². The molecule has 3 aromatic rings. The summed E-state index contributed by atoms with van der Waals surface area (Å²) in [6, 6.07) is 20.3. The minimum absolute atomic E-state index is 0.170. The summed E-state index contributed by atoms with van der Waals surface area (Å²) in [4.78, 5) is 19.6. The molecule has 5 nitrogen and oxygen atoms in total. The molecule has 2 aromatic carbocycles. The van der Waals surface area contributed by atoms with Crippen molar-refractivity contribution in [1.29, 1.82) is 0 Å². The van der Waals surface area contributed by atoms with Gasteiger partial charge in [0.1, 0.15) is 11.4 Å². The van der Waals surface area contributed by atoms with Crippen molar-refractivity contribution in [1.82, 2.24) is 20.1 Å². The van der Waals surface area contributed by atoms with Crippen molar-refractivity contribution >= 4 is 17.7 Å². The van der Waals surface area contributed by atoms with Gasteiger partial charge in [-0.1, -0.05) is 79.3 Å². The molecule has 1 aliphatic rings. The highest BCUT2D eigenvalue weighted by molar-refractivity contribution is 7.99. The van der Waals surface area contributed by atoms with Crippen LogP contribution in [0.4, 0.5) is 0 Å². The Morgan fingerprint density at radius 1 is 0.967 bits per heavy atom. The van der Waals surface area contributed by atoms with Gasteiger partial charge in [-0.2, -0.15) is 0 Å². The van der Waals surface area contributed by atoms with Crippen molar-refractivity contribution in [3.8, 4) is 22.5 Å². The van der Waals surface area contributed by atoms with Crippen molar-refractivity contribution in [2.75, 3.05) is 12.3 Å². The summed E-state index contributed by atoms with van der Waals surface area (Å²) in [6.45, 7) is 3.02. The fourth-order valence-corrected chi connectivity index (χ4v) is 4.60. The smallest absolute Gasteiger partial charge is 0.233 e. The number of hydrogen-bond acceptors (Lipinski definition) is 5. The highest BCUT2D eigenvalue weighted by Crippen LogP contribution is 2.30. The van der Waals surface area contributed by atoms with Gasteiger partial charge < -0.3 is 4.90 Å². The van der Waals surface area contributed by atoms with E-state index in [4.69, 9.17) is 4.98 Å². The van der Waals surface area contributed by atoms with E-state index in [2.05, 4.69) is 17.1 Å². The van der Waals surface area contributed by atoms with Crippen molar-refractivity contribution in [3.05, 3.63) is 60.7 Å². The number of likely N-dealkylation sites (tertiary alicyclic amines) is 1. The zero-order valence-corrected chi connectivity index (χ0v) is 18.0. The van der Waals surface area contributed by atoms with E-state index in [9.17, 15) is 4.79 Å². The van der Waals surface area contributed by atoms with Crippen LogP contribution >= 0.6 is 11.8 Å². The molecule has 0 radical (unpaired) electrons. The lowest BCUT2D eigenvalue weighted by atomic mass is 10.0. The highest BCUT2D eigenvalue weighted by atomic mass is 32.2. The van der Waals surface area contributed by atoms with Gasteiger partial charge in [0.15, 0.2) is 0 Å². The average molecular weight is 419 g/mol. The Balaban J connectivity index is 1.57. The third kappa shape index (κ3) is 4.70. The quantitative estimate of drug-likeness (QED) is 0.522. The molecule has 1 fully saturated rings. The molecule has 1 saturated heterocycles. The van der Waals surface area contributed by atoms with Crippen LogP contribution in [0.2, 0.25) is 0 Å². The maximum atomic E-state index is 12.8. The van der Waals surface area contributed by atoms with Gasteiger partial charge in [0.25, 0.3) is 0 Å². The lowest BCUT2D eigenvalue weighted by molar-refractivity contribution is -0.132. The molecule has 1 aromatic heterocycles. The van der Waals surface area contributed by atoms with E-state index >= 15 is 0 Å². The number of carbonyl (C=O) groups excluding carboxylic acids is 1. The van der Waals surface area contributed by atoms with E-state index in [1.165, 1.54) is 18.2 Å². The van der Waals surface area contributed by atoms with E-state index in [0.29, 0.717) is 17.0 Å². The Morgan fingerprint density at radius 3 is 2.30 bits per heavy atom. The Kier molecular flexibility index (Phi) is 6.74. The van der Waals surface area contributed by atoms with Gasteiger partial charge >= 0.3 is 0 Å². The Morgan fingerprint density at radius 2 is 1.63 bits per heavy atom. The summed E-state index contributed by atoms with van der Waals surface area (Å²) in [6.07, 6.45) is 4.42. The fourth-order valence-electron chi connectivity index (χ4n) is 3.92. The van der Waals surface area contributed by atoms with Crippen molar-refractivity contribution in [2.24, 2.45) is 0 Å². The lowest BCUT2D eigenvalue weighted by Gasteiger charge is -2.35. The van der Waals surface area contributed by atoms with Crippen LogP contribution in [0.15, 0.2) is 65.8 Å². The first kappa shape index (κ1) is 20.5. The molecule has 0 saturated carbocycles. The predicted molar refractivity (Wildman–Crippen MR) is 121 cm³/mol. The maximum absolute atomic E-state index is 12.8. The summed E-state index contributed by atoms with van der Waals surface area (Å²) in [5.74, 6) is 0.514. The highest BCUT2D eigenvalue weighted by Gasteiger charge is 2.25. The van der Waals surface area contributed by atoms with Gasteiger partial charge in [0.2, 0.25) is 11.1 Å². The van der Waals surface area contributed by atoms with Crippen LogP contribution < -0.4 is 0 Å². The number of aromatic nitrogens is 3. The molecular weight excluding hydrogens is 392 g/mol. The summed E-state index contributed by atoms with van der Waals surface area (Å²) >= 11 is 1.37. The van der Waals surface area contributed by atoms with Crippen LogP contribution in [0, 0.1) is 0 Å². The Labute approximate surface area is 181 Å². The summed E-state index contributed by atoms with van der Waals surface area (Å²) in [7, 11) is 0. The number of nitrogens with zero attached hydrogens (tertiary/aromatic N) is 4. The average Bonchev–Trinajstić information content (AvgIpc) is 2.83. The summed E-state index contributed by atoms with van der Waals surface area (Å²) < 4.78 is 0. The minimum atomic E-state index is 0.170. The molecule has 30 heavy (non-hydrogen) atoms. The molecule has 1 amide bonds. The van der Waals surface area contributed by atoms with Crippen LogP contribution in [-0.2, 0) is 4.79 Å². The number of carbonyl (C=O) groups is 1. The number of thioether (sulfide) groups is 1. The third-order valence-corrected chi connectivity index (χ3v) is 6.33. The van der Waals surface area contributed by atoms with Crippen molar-refractivity contribution in [3.63, 3.8) is 0 Å². The van der Waals surface area contributed by atoms with Crippen LogP contribution in [0.25, 0.3) is 22.5 Å². The number of piperidine rings is 1. The van der Waals surface area contributed by atoms with E-state index in [-0.39, 0.29) is 5.91 Å². The van der Waals surface area contributed by atoms with Crippen LogP contribution in [0.1, 0.15) is 32.6 Å². The minimum Gasteiger partial charge on any atom is -0.339 e. The normalized spacial score (nSPS) is 16.4. The van der Waals surface area contributed by atoms with Gasteiger partial charge in [0.05, 0.1) is 5.75 Å². The van der Waals surface area contributed by atoms with E-state index in [1.54, 1.807) is 0 Å². The number of amides is 1. The summed E-state index contributed by atoms with van der Waals surface area (Å²) in [5.41, 5.74) is 3.50. The first-order valence-corrected chi connectivity index (χ1v) is 11.5. The first-order chi connectivity index (χ1) is 14.8. The second kappa shape index (κ2) is 9.85. The second-order valence-electron chi connectivity index (χ2n) is 7.46. The van der Waals surface area contributed by atoms with Gasteiger partial charge in [0, 0.05) is 23.7 Å². The van der Waals surface area contributed by atoms with Crippen LogP contribution in [0.5, 0.6) is 0 Å². The molecule has 0 bridgehead atoms. The molecule has 0 N–H and O–H groups in total. The molecule has 1 aliphatic heterocycles. The zero-order chi connectivity index (χ0) is 20.8. The fraction of sp³-hybridized carbons (Fsp3) is 0.333. The molecule has 1 atom stereocenters. The van der Waals surface area contributed by atoms with Gasteiger partial charge in [-0.05, 0) is 25.7 Å². The second-order valence-corrected chi connectivity index (χ2v) is 8.40. The molecule has 0 aliphatic carbocycles. The SMILES string of the molecule is CC[C@@H]1CCCCN1C(=O)CSc1nnc(-c2ccccc2)c(-c2ccccc2)n1. The first-order valence-electron chi connectivity index (χ1n) is 10.5. The van der Waals surface area contributed by atoms with Gasteiger partial charge in [-0.15, -0.1) is 10.2 Å². The maximum Gasteiger partial charge on any atom is 0.233 e. The zero-order valence-electron chi connectivity index (χ0n) is 17.2. The summed E-state index contributed by atoms with van der Waals surface area (Å²) in [5, 5.41) is 9.35. The molecule has 154 valence electrons. The third-order valence-electron chi connectivity index (χ3n) is 5.51. The van der Waals surface area contributed by atoms with E-state index in [1.807, 2.05) is 65.6 Å². The lowest BCUT2D eigenvalue weighted by Crippen LogP contribution is -2.44. The van der Waals surface area contributed by atoms with Crippen molar-refractivity contribution in [2.45, 2.75) is 43.8 Å². The monoisotopic (exact) mass is 418 g/mol. The molecule has 0 spiro atoms. The largest absolute Gasteiger partial charge is 0.339 e. The molecule has 0 unspecified atom stereocenters. The topological polar surface area (TPSA) is 59.0 Å². The number of hydrogen-bond donors (Lipinski definition) is 0. The Hall–Kier alpha value is -2.73. The van der Waals surface area contributed by atoms with Crippen LogP contribution in [-0.4, -0.2) is 44.3 Å².